The first-order chi connectivity index (χ1) is 10.1. The van der Waals surface area contributed by atoms with Crippen molar-refractivity contribution in [3.63, 3.8) is 0 Å². The molecule has 0 heterocycles. The molecule has 1 aliphatic carbocycles. The van der Waals surface area contributed by atoms with E-state index in [1.165, 1.54) is 6.92 Å². The molecule has 5 nitrogen and oxygen atoms in total. The molecule has 1 N–H and O–H groups in total. The van der Waals surface area contributed by atoms with Crippen LogP contribution in [0, 0.1) is 0 Å². The van der Waals surface area contributed by atoms with Gasteiger partial charge in [-0.25, -0.2) is 0 Å². The molecule has 0 atom stereocenters. The first kappa shape index (κ1) is 15.4. The van der Waals surface area contributed by atoms with Crippen LogP contribution in [-0.4, -0.2) is 43.0 Å². The number of carbonyl (C=O) groups is 2. The van der Waals surface area contributed by atoms with Gasteiger partial charge in [0.25, 0.3) is 0 Å². The van der Waals surface area contributed by atoms with E-state index in [9.17, 15) is 9.59 Å². The average Bonchev–Trinajstić information content (AvgIpc) is 3.27. The zero-order valence-corrected chi connectivity index (χ0v) is 12.6. The summed E-state index contributed by atoms with van der Waals surface area (Å²) in [4.78, 5) is 25.1. The van der Waals surface area contributed by atoms with E-state index in [4.69, 9.17) is 4.74 Å². The lowest BCUT2D eigenvalue weighted by atomic mass is 10.1. The molecule has 1 fully saturated rings. The summed E-state index contributed by atoms with van der Waals surface area (Å²) in [5.41, 5.74) is 1.04. The quantitative estimate of drug-likeness (QED) is 0.825. The highest BCUT2D eigenvalue weighted by Gasteiger charge is 2.24. The minimum Gasteiger partial charge on any atom is -0.496 e. The van der Waals surface area contributed by atoms with Gasteiger partial charge < -0.3 is 15.0 Å². The molecule has 2 amide bonds. The maximum atomic E-state index is 11.8. The Balaban J connectivity index is 1.89. The fourth-order valence-corrected chi connectivity index (χ4v) is 2.19. The molecule has 21 heavy (non-hydrogen) atoms. The van der Waals surface area contributed by atoms with Gasteiger partial charge in [0.05, 0.1) is 13.7 Å². The standard InChI is InChI=1S/C16H22N2O3/c1-12(19)18(11-16(20)17-14-7-8-14)10-9-13-5-3-4-6-15(13)21-2/h3-6,14H,7-11H2,1-2H3,(H,17,20). The van der Waals surface area contributed by atoms with Crippen LogP contribution in [0.2, 0.25) is 0 Å². The Morgan fingerprint density at radius 1 is 1.33 bits per heavy atom. The number of rotatable bonds is 7. The average molecular weight is 290 g/mol. The van der Waals surface area contributed by atoms with Gasteiger partial charge in [-0.15, -0.1) is 0 Å². The van der Waals surface area contributed by atoms with Crippen LogP contribution in [0.25, 0.3) is 0 Å². The van der Waals surface area contributed by atoms with Crippen LogP contribution in [0.1, 0.15) is 25.3 Å². The Kier molecular flexibility index (Phi) is 5.20. The molecule has 0 bridgehead atoms. The molecule has 1 aromatic rings. The molecule has 114 valence electrons. The minimum absolute atomic E-state index is 0.0762. The molecule has 1 aliphatic rings. The van der Waals surface area contributed by atoms with Gasteiger partial charge in [0.15, 0.2) is 0 Å². The van der Waals surface area contributed by atoms with E-state index in [0.29, 0.717) is 19.0 Å². The van der Waals surface area contributed by atoms with Crippen LogP contribution in [0.15, 0.2) is 24.3 Å². The predicted molar refractivity (Wildman–Crippen MR) is 80.1 cm³/mol. The van der Waals surface area contributed by atoms with E-state index in [1.54, 1.807) is 12.0 Å². The highest BCUT2D eigenvalue weighted by Crippen LogP contribution is 2.19. The van der Waals surface area contributed by atoms with Crippen molar-refractivity contribution < 1.29 is 14.3 Å². The lowest BCUT2D eigenvalue weighted by Crippen LogP contribution is -2.41. The lowest BCUT2D eigenvalue weighted by molar-refractivity contribution is -0.134. The highest BCUT2D eigenvalue weighted by molar-refractivity contribution is 5.84. The van der Waals surface area contributed by atoms with Crippen LogP contribution in [0.4, 0.5) is 0 Å². The third-order valence-corrected chi connectivity index (χ3v) is 3.57. The molecule has 0 aromatic heterocycles. The Hall–Kier alpha value is -2.04. The minimum atomic E-state index is -0.0872. The van der Waals surface area contributed by atoms with Gasteiger partial charge in [-0.05, 0) is 30.9 Å². The maximum absolute atomic E-state index is 11.8. The molecular weight excluding hydrogens is 268 g/mol. The SMILES string of the molecule is COc1ccccc1CCN(CC(=O)NC1CC1)C(C)=O. The molecule has 2 rings (SSSR count). The summed E-state index contributed by atoms with van der Waals surface area (Å²) in [5, 5.41) is 2.90. The molecule has 5 heteroatoms. The van der Waals surface area contributed by atoms with Gasteiger partial charge in [-0.1, -0.05) is 18.2 Å². The molecule has 0 aliphatic heterocycles. The first-order valence-corrected chi connectivity index (χ1v) is 7.27. The molecule has 0 spiro atoms. The van der Waals surface area contributed by atoms with Gasteiger partial charge >= 0.3 is 0 Å². The summed E-state index contributed by atoms with van der Waals surface area (Å²) < 4.78 is 5.30. The zero-order valence-electron chi connectivity index (χ0n) is 12.6. The maximum Gasteiger partial charge on any atom is 0.239 e. The number of benzene rings is 1. The Morgan fingerprint density at radius 3 is 2.67 bits per heavy atom. The second kappa shape index (κ2) is 7.11. The molecule has 0 unspecified atom stereocenters. The fraction of sp³-hybridized carbons (Fsp3) is 0.500. The van der Waals surface area contributed by atoms with E-state index in [0.717, 1.165) is 24.2 Å². The number of hydrogen-bond acceptors (Lipinski definition) is 3. The summed E-state index contributed by atoms with van der Waals surface area (Å²) in [5.74, 6) is 0.645. The number of hydrogen-bond donors (Lipinski definition) is 1. The van der Waals surface area contributed by atoms with Crippen molar-refractivity contribution >= 4 is 11.8 Å². The number of nitrogens with one attached hydrogen (secondary N) is 1. The van der Waals surface area contributed by atoms with Gasteiger partial charge in [0.1, 0.15) is 5.75 Å². The normalized spacial score (nSPS) is 13.6. The van der Waals surface area contributed by atoms with Crippen molar-refractivity contribution in [2.75, 3.05) is 20.2 Å². The summed E-state index contributed by atoms with van der Waals surface area (Å²) in [6.45, 7) is 2.13. The van der Waals surface area contributed by atoms with Crippen molar-refractivity contribution in [1.29, 1.82) is 0 Å². The molecule has 1 aromatic carbocycles. The van der Waals surface area contributed by atoms with Crippen LogP contribution in [0.5, 0.6) is 5.75 Å². The predicted octanol–water partition coefficient (Wildman–Crippen LogP) is 1.36. The third kappa shape index (κ3) is 4.77. The number of para-hydroxylation sites is 1. The van der Waals surface area contributed by atoms with Gasteiger partial charge in [0.2, 0.25) is 11.8 Å². The Morgan fingerprint density at radius 2 is 2.05 bits per heavy atom. The Bertz CT molecular complexity index is 512. The van der Waals surface area contributed by atoms with Crippen LogP contribution < -0.4 is 10.1 Å². The molecule has 0 radical (unpaired) electrons. The third-order valence-electron chi connectivity index (χ3n) is 3.57. The number of carbonyl (C=O) groups excluding carboxylic acids is 2. The van der Waals surface area contributed by atoms with E-state index in [2.05, 4.69) is 5.32 Å². The topological polar surface area (TPSA) is 58.6 Å². The number of amides is 2. The molecule has 0 saturated heterocycles. The molecular formula is C16H22N2O3. The summed E-state index contributed by atoms with van der Waals surface area (Å²) in [6, 6.07) is 8.04. The van der Waals surface area contributed by atoms with Gasteiger partial charge in [-0.2, -0.15) is 0 Å². The van der Waals surface area contributed by atoms with Gasteiger partial charge in [-0.3, -0.25) is 9.59 Å². The van der Waals surface area contributed by atoms with Crippen molar-refractivity contribution in [3.8, 4) is 5.75 Å². The fourth-order valence-electron chi connectivity index (χ4n) is 2.19. The van der Waals surface area contributed by atoms with Gasteiger partial charge in [0, 0.05) is 19.5 Å². The number of ether oxygens (including phenoxy) is 1. The van der Waals surface area contributed by atoms with Crippen molar-refractivity contribution in [2.45, 2.75) is 32.2 Å². The second-order valence-corrected chi connectivity index (χ2v) is 5.34. The van der Waals surface area contributed by atoms with Crippen LogP contribution >= 0.6 is 0 Å². The second-order valence-electron chi connectivity index (χ2n) is 5.34. The highest BCUT2D eigenvalue weighted by atomic mass is 16.5. The van der Waals surface area contributed by atoms with Crippen molar-refractivity contribution in [3.05, 3.63) is 29.8 Å². The van der Waals surface area contributed by atoms with E-state index in [1.807, 2.05) is 24.3 Å². The van der Waals surface area contributed by atoms with E-state index in [-0.39, 0.29) is 18.4 Å². The first-order valence-electron chi connectivity index (χ1n) is 7.27. The lowest BCUT2D eigenvalue weighted by Gasteiger charge is -2.21. The van der Waals surface area contributed by atoms with Crippen LogP contribution in [-0.2, 0) is 16.0 Å². The summed E-state index contributed by atoms with van der Waals surface area (Å²) >= 11 is 0. The molecule has 1 saturated carbocycles. The monoisotopic (exact) mass is 290 g/mol. The smallest absolute Gasteiger partial charge is 0.239 e. The van der Waals surface area contributed by atoms with E-state index < -0.39 is 0 Å². The number of nitrogens with zero attached hydrogens (tertiary/aromatic N) is 1. The van der Waals surface area contributed by atoms with Crippen LogP contribution in [0.3, 0.4) is 0 Å². The van der Waals surface area contributed by atoms with Crippen molar-refractivity contribution in [2.24, 2.45) is 0 Å². The summed E-state index contributed by atoms with van der Waals surface area (Å²) in [7, 11) is 1.63. The van der Waals surface area contributed by atoms with Crippen molar-refractivity contribution in [1.82, 2.24) is 10.2 Å². The van der Waals surface area contributed by atoms with E-state index >= 15 is 0 Å². The summed E-state index contributed by atoms with van der Waals surface area (Å²) in [6.07, 6.45) is 2.76. The number of methoxy groups -OCH3 is 1. The Labute approximate surface area is 125 Å². The zero-order chi connectivity index (χ0) is 15.2. The largest absolute Gasteiger partial charge is 0.496 e.